The van der Waals surface area contributed by atoms with Crippen LogP contribution in [0.5, 0.6) is 0 Å². The summed E-state index contributed by atoms with van der Waals surface area (Å²) in [5.41, 5.74) is 3.03. The lowest BCUT2D eigenvalue weighted by molar-refractivity contribution is 0.946. The zero-order valence-corrected chi connectivity index (χ0v) is 11.1. The number of nitrogens with zero attached hydrogens (tertiary/aromatic N) is 2. The summed E-state index contributed by atoms with van der Waals surface area (Å²) in [6.07, 6.45) is 3.70. The van der Waals surface area contributed by atoms with Gasteiger partial charge in [-0.25, -0.2) is 9.97 Å². The van der Waals surface area contributed by atoms with Gasteiger partial charge in [-0.1, -0.05) is 0 Å². The third-order valence-corrected chi connectivity index (χ3v) is 3.74. The first-order chi connectivity index (χ1) is 7.63. The largest absolute Gasteiger partial charge is 0.347 e. The van der Waals surface area contributed by atoms with Crippen LogP contribution in [0, 0.1) is 13.8 Å². The van der Waals surface area contributed by atoms with Gasteiger partial charge >= 0.3 is 0 Å². The summed E-state index contributed by atoms with van der Waals surface area (Å²) in [7, 11) is 0. The average molecular weight is 254 g/mol. The van der Waals surface area contributed by atoms with E-state index in [1.54, 1.807) is 18.1 Å². The Morgan fingerprint density at radius 2 is 2.19 bits per heavy atom. The molecule has 0 saturated heterocycles. The molecule has 1 unspecified atom stereocenters. The Kier molecular flexibility index (Phi) is 3.30. The number of aryl methyl sites for hydroxylation is 2. The van der Waals surface area contributed by atoms with Crippen LogP contribution < -0.4 is 0 Å². The molecular weight excluding hydrogens is 240 g/mol. The first kappa shape index (κ1) is 11.6. The molecule has 2 N–H and O–H groups in total. The lowest BCUT2D eigenvalue weighted by atomic mass is 10.2. The predicted octanol–water partition coefficient (Wildman–Crippen LogP) is 2.49. The van der Waals surface area contributed by atoms with Gasteiger partial charge < -0.3 is 9.97 Å². The zero-order chi connectivity index (χ0) is 11.7. The van der Waals surface area contributed by atoms with Gasteiger partial charge in [0.05, 0.1) is 17.7 Å². The molecule has 2 aromatic rings. The summed E-state index contributed by atoms with van der Waals surface area (Å²) in [4.78, 5) is 15.0. The third kappa shape index (κ3) is 1.99. The minimum Gasteiger partial charge on any atom is -0.347 e. The van der Waals surface area contributed by atoms with Crippen molar-refractivity contribution >= 4 is 24.4 Å². The highest BCUT2D eigenvalue weighted by molar-refractivity contribution is 7.98. The molecule has 16 heavy (non-hydrogen) atoms. The number of thiol groups is 1. The van der Waals surface area contributed by atoms with E-state index in [1.165, 1.54) is 0 Å². The lowest BCUT2D eigenvalue weighted by Gasteiger charge is -2.05. The fourth-order valence-corrected chi connectivity index (χ4v) is 2.51. The molecule has 2 rings (SSSR count). The second kappa shape index (κ2) is 4.55. The Morgan fingerprint density at radius 1 is 1.44 bits per heavy atom. The highest BCUT2D eigenvalue weighted by Gasteiger charge is 2.18. The number of thioether (sulfide) groups is 1. The van der Waals surface area contributed by atoms with Gasteiger partial charge in [-0.3, -0.25) is 0 Å². The summed E-state index contributed by atoms with van der Waals surface area (Å²) in [5, 5.41) is 0.938. The maximum Gasteiger partial charge on any atom is 0.126 e. The quantitative estimate of drug-likeness (QED) is 0.582. The molecule has 0 aliphatic heterocycles. The SMILES string of the molecule is CSc1nc(C(S)c2[nH]cnc2C)[nH]c1C. The van der Waals surface area contributed by atoms with Crippen molar-refractivity contribution in [2.45, 2.75) is 24.1 Å². The van der Waals surface area contributed by atoms with Gasteiger partial charge in [-0.15, -0.1) is 11.8 Å². The van der Waals surface area contributed by atoms with Crippen LogP contribution in [-0.2, 0) is 0 Å². The van der Waals surface area contributed by atoms with Gasteiger partial charge in [0.2, 0.25) is 0 Å². The van der Waals surface area contributed by atoms with E-state index < -0.39 is 0 Å². The molecular formula is C10H14N4S2. The second-order valence-corrected chi connectivity index (χ2v) is 4.87. The summed E-state index contributed by atoms with van der Waals surface area (Å²) >= 11 is 6.20. The van der Waals surface area contributed by atoms with Crippen molar-refractivity contribution < 1.29 is 0 Å². The molecule has 0 fully saturated rings. The van der Waals surface area contributed by atoms with Gasteiger partial charge in [-0.05, 0) is 20.1 Å². The molecule has 86 valence electrons. The van der Waals surface area contributed by atoms with Crippen molar-refractivity contribution in [3.63, 3.8) is 0 Å². The van der Waals surface area contributed by atoms with Gasteiger partial charge in [0.1, 0.15) is 16.1 Å². The summed E-state index contributed by atoms with van der Waals surface area (Å²) in [6.45, 7) is 3.98. The number of aromatic amines is 2. The monoisotopic (exact) mass is 254 g/mol. The standard InChI is InChI=1S/C10H14N4S2/c1-5-7(12-4-11-5)8(15)9-13-6(2)10(14-9)16-3/h4,8,15H,1-3H3,(H,11,12)(H,13,14). The number of nitrogens with one attached hydrogen (secondary N) is 2. The van der Waals surface area contributed by atoms with E-state index in [2.05, 4.69) is 32.6 Å². The van der Waals surface area contributed by atoms with Crippen LogP contribution in [-0.4, -0.2) is 26.2 Å². The molecule has 0 radical (unpaired) electrons. The molecule has 2 aromatic heterocycles. The van der Waals surface area contributed by atoms with E-state index in [-0.39, 0.29) is 5.25 Å². The fourth-order valence-electron chi connectivity index (χ4n) is 1.58. The molecule has 2 heterocycles. The first-order valence-electron chi connectivity index (χ1n) is 4.92. The van der Waals surface area contributed by atoms with E-state index in [0.717, 1.165) is 27.9 Å². The molecule has 1 atom stereocenters. The van der Waals surface area contributed by atoms with Crippen molar-refractivity contribution in [2.75, 3.05) is 6.26 Å². The molecule has 0 spiro atoms. The average Bonchev–Trinajstić information content (AvgIpc) is 2.83. The smallest absolute Gasteiger partial charge is 0.126 e. The summed E-state index contributed by atoms with van der Waals surface area (Å²) in [6, 6.07) is 0. The number of aromatic nitrogens is 4. The Labute approximate surface area is 104 Å². The van der Waals surface area contributed by atoms with Crippen molar-refractivity contribution in [1.82, 2.24) is 19.9 Å². The Bertz CT molecular complexity index is 489. The van der Waals surface area contributed by atoms with E-state index in [1.807, 2.05) is 20.1 Å². The third-order valence-electron chi connectivity index (χ3n) is 2.45. The van der Waals surface area contributed by atoms with Crippen LogP contribution in [0.25, 0.3) is 0 Å². The topological polar surface area (TPSA) is 57.4 Å². The molecule has 0 bridgehead atoms. The van der Waals surface area contributed by atoms with Crippen LogP contribution in [0.2, 0.25) is 0 Å². The molecule has 4 nitrogen and oxygen atoms in total. The van der Waals surface area contributed by atoms with E-state index >= 15 is 0 Å². The van der Waals surface area contributed by atoms with Crippen molar-refractivity contribution in [1.29, 1.82) is 0 Å². The zero-order valence-electron chi connectivity index (χ0n) is 9.40. The van der Waals surface area contributed by atoms with E-state index in [0.29, 0.717) is 0 Å². The summed E-state index contributed by atoms with van der Waals surface area (Å²) < 4.78 is 0. The van der Waals surface area contributed by atoms with Crippen LogP contribution in [0.3, 0.4) is 0 Å². The maximum atomic E-state index is 4.57. The van der Waals surface area contributed by atoms with E-state index in [9.17, 15) is 0 Å². The van der Waals surface area contributed by atoms with Crippen LogP contribution in [0.15, 0.2) is 11.4 Å². The molecule has 0 aliphatic carbocycles. The Morgan fingerprint density at radius 3 is 2.69 bits per heavy atom. The number of rotatable bonds is 3. The Balaban J connectivity index is 2.34. The van der Waals surface area contributed by atoms with Gasteiger partial charge in [0.25, 0.3) is 0 Å². The molecule has 0 aromatic carbocycles. The Hall–Kier alpha value is -0.880. The van der Waals surface area contributed by atoms with Gasteiger partial charge in [0.15, 0.2) is 0 Å². The van der Waals surface area contributed by atoms with Crippen LogP contribution in [0.1, 0.15) is 28.2 Å². The van der Waals surface area contributed by atoms with Crippen molar-refractivity contribution in [2.24, 2.45) is 0 Å². The predicted molar refractivity (Wildman–Crippen MR) is 69.3 cm³/mol. The summed E-state index contributed by atoms with van der Waals surface area (Å²) in [5.74, 6) is 0.859. The van der Waals surface area contributed by atoms with Gasteiger partial charge in [0, 0.05) is 5.69 Å². The number of hydrogen-bond acceptors (Lipinski definition) is 4. The van der Waals surface area contributed by atoms with Gasteiger partial charge in [-0.2, -0.15) is 12.6 Å². The lowest BCUT2D eigenvalue weighted by Crippen LogP contribution is -1.98. The molecule has 0 saturated carbocycles. The molecule has 0 aliphatic rings. The minimum absolute atomic E-state index is 0.0814. The fraction of sp³-hybridized carbons (Fsp3) is 0.400. The minimum atomic E-state index is -0.0814. The second-order valence-electron chi connectivity index (χ2n) is 3.56. The maximum absolute atomic E-state index is 4.57. The van der Waals surface area contributed by atoms with Crippen LogP contribution in [0.4, 0.5) is 0 Å². The molecule has 0 amide bonds. The number of H-pyrrole nitrogens is 2. The number of imidazole rings is 2. The first-order valence-corrected chi connectivity index (χ1v) is 6.66. The van der Waals surface area contributed by atoms with Crippen molar-refractivity contribution in [3.05, 3.63) is 29.2 Å². The van der Waals surface area contributed by atoms with E-state index in [4.69, 9.17) is 0 Å². The van der Waals surface area contributed by atoms with Crippen LogP contribution >= 0.6 is 24.4 Å². The number of hydrogen-bond donors (Lipinski definition) is 3. The van der Waals surface area contributed by atoms with Crippen molar-refractivity contribution in [3.8, 4) is 0 Å². The highest BCUT2D eigenvalue weighted by atomic mass is 32.2. The normalized spacial score (nSPS) is 13.0. The highest BCUT2D eigenvalue weighted by Crippen LogP contribution is 2.29. The molecule has 6 heteroatoms.